The van der Waals surface area contributed by atoms with Crippen molar-refractivity contribution >= 4 is 23.8 Å². The lowest BCUT2D eigenvalue weighted by molar-refractivity contribution is -0.384. The molecule has 0 bridgehead atoms. The summed E-state index contributed by atoms with van der Waals surface area (Å²) in [6.45, 7) is 7.51. The second-order valence-corrected chi connectivity index (χ2v) is 7.72. The first-order chi connectivity index (χ1) is 15.8. The molecule has 0 aliphatic heterocycles. The third-order valence-electron chi connectivity index (χ3n) is 5.30. The fourth-order valence-electron chi connectivity index (χ4n) is 3.53. The van der Waals surface area contributed by atoms with E-state index >= 15 is 0 Å². The van der Waals surface area contributed by atoms with Crippen LogP contribution in [-0.4, -0.2) is 16.0 Å². The average molecular weight is 443 g/mol. The standard InChI is InChI=1S/C27H25NO5/c1-4-21-7-5-6-8-22(21)17-23(10-9-20-15-18(2)26(29)19(3)16-20)27(30)33-25-13-11-24(12-14-25)28(31)32/h4-8,11-17,29H,1,9-10H2,2-3H3/b23-17+. The van der Waals surface area contributed by atoms with Crippen LogP contribution in [0.4, 0.5) is 5.69 Å². The zero-order chi connectivity index (χ0) is 24.0. The number of rotatable bonds is 8. The number of nitrogens with zero attached hydrogens (tertiary/aromatic N) is 1. The van der Waals surface area contributed by atoms with Crippen LogP contribution in [0.15, 0.2) is 72.8 Å². The molecule has 3 aromatic rings. The number of aromatic hydroxyl groups is 1. The Bertz CT molecular complexity index is 1200. The summed E-state index contributed by atoms with van der Waals surface area (Å²) in [4.78, 5) is 23.4. The number of carbonyl (C=O) groups excluding carboxylic acids is 1. The number of nitro groups is 1. The molecule has 33 heavy (non-hydrogen) atoms. The summed E-state index contributed by atoms with van der Waals surface area (Å²) in [5.74, 6) is -0.0354. The van der Waals surface area contributed by atoms with Crippen molar-refractivity contribution in [2.75, 3.05) is 0 Å². The van der Waals surface area contributed by atoms with Gasteiger partial charge >= 0.3 is 5.97 Å². The van der Waals surface area contributed by atoms with Gasteiger partial charge in [-0.15, -0.1) is 0 Å². The van der Waals surface area contributed by atoms with Crippen LogP contribution in [0.1, 0.15) is 34.2 Å². The number of carbonyl (C=O) groups is 1. The van der Waals surface area contributed by atoms with Crippen LogP contribution in [0.25, 0.3) is 12.2 Å². The summed E-state index contributed by atoms with van der Waals surface area (Å²) in [6, 6.07) is 16.8. The number of hydrogen-bond acceptors (Lipinski definition) is 5. The van der Waals surface area contributed by atoms with Gasteiger partial charge < -0.3 is 9.84 Å². The first-order valence-corrected chi connectivity index (χ1v) is 10.5. The molecular formula is C27H25NO5. The minimum atomic E-state index is -0.532. The van der Waals surface area contributed by atoms with Crippen molar-refractivity contribution < 1.29 is 19.6 Å². The van der Waals surface area contributed by atoms with Crippen molar-refractivity contribution in [2.24, 2.45) is 0 Å². The Morgan fingerprint density at radius 1 is 1.06 bits per heavy atom. The van der Waals surface area contributed by atoms with Crippen LogP contribution in [0.2, 0.25) is 0 Å². The zero-order valence-electron chi connectivity index (χ0n) is 18.6. The van der Waals surface area contributed by atoms with E-state index in [0.717, 1.165) is 27.8 Å². The Morgan fingerprint density at radius 3 is 2.24 bits per heavy atom. The molecule has 0 radical (unpaired) electrons. The summed E-state index contributed by atoms with van der Waals surface area (Å²) >= 11 is 0. The number of ether oxygens (including phenoxy) is 1. The van der Waals surface area contributed by atoms with Gasteiger partial charge in [-0.05, 0) is 72.7 Å². The minimum absolute atomic E-state index is 0.0801. The largest absolute Gasteiger partial charge is 0.507 e. The van der Waals surface area contributed by atoms with Crippen LogP contribution >= 0.6 is 0 Å². The summed E-state index contributed by atoms with van der Waals surface area (Å²) in [5, 5.41) is 20.9. The lowest BCUT2D eigenvalue weighted by Crippen LogP contribution is -2.12. The highest BCUT2D eigenvalue weighted by Crippen LogP contribution is 2.26. The van der Waals surface area contributed by atoms with Gasteiger partial charge in [0.2, 0.25) is 0 Å². The second kappa shape index (κ2) is 10.4. The smallest absolute Gasteiger partial charge is 0.339 e. The molecule has 0 fully saturated rings. The maximum absolute atomic E-state index is 13.1. The van der Waals surface area contributed by atoms with E-state index in [4.69, 9.17) is 4.74 Å². The minimum Gasteiger partial charge on any atom is -0.507 e. The highest BCUT2D eigenvalue weighted by atomic mass is 16.6. The molecule has 6 heteroatoms. The van der Waals surface area contributed by atoms with E-state index in [9.17, 15) is 20.0 Å². The fourth-order valence-corrected chi connectivity index (χ4v) is 3.53. The third kappa shape index (κ3) is 5.95. The molecule has 0 heterocycles. The number of hydrogen-bond donors (Lipinski definition) is 1. The van der Waals surface area contributed by atoms with Gasteiger partial charge in [0.05, 0.1) is 4.92 Å². The molecule has 3 rings (SSSR count). The predicted octanol–water partition coefficient (Wildman–Crippen LogP) is 6.18. The van der Waals surface area contributed by atoms with Gasteiger partial charge in [0.25, 0.3) is 5.69 Å². The van der Waals surface area contributed by atoms with Crippen LogP contribution in [0.5, 0.6) is 11.5 Å². The second-order valence-electron chi connectivity index (χ2n) is 7.72. The molecular weight excluding hydrogens is 418 g/mol. The Labute approximate surface area is 192 Å². The van der Waals surface area contributed by atoms with Gasteiger partial charge in [-0.25, -0.2) is 4.79 Å². The van der Waals surface area contributed by atoms with E-state index in [1.165, 1.54) is 24.3 Å². The van der Waals surface area contributed by atoms with E-state index in [1.807, 2.05) is 50.2 Å². The molecule has 0 amide bonds. The monoisotopic (exact) mass is 443 g/mol. The van der Waals surface area contributed by atoms with E-state index in [2.05, 4.69) is 6.58 Å². The molecule has 6 nitrogen and oxygen atoms in total. The molecule has 0 saturated carbocycles. The molecule has 3 aromatic carbocycles. The Balaban J connectivity index is 1.89. The van der Waals surface area contributed by atoms with Gasteiger partial charge in [-0.2, -0.15) is 0 Å². The van der Waals surface area contributed by atoms with Crippen molar-refractivity contribution in [1.29, 1.82) is 0 Å². The molecule has 1 N–H and O–H groups in total. The van der Waals surface area contributed by atoms with Crippen molar-refractivity contribution in [3.63, 3.8) is 0 Å². The van der Waals surface area contributed by atoms with Gasteiger partial charge in [0, 0.05) is 17.7 Å². The number of non-ortho nitro benzene ring substituents is 1. The van der Waals surface area contributed by atoms with Gasteiger partial charge in [-0.1, -0.05) is 49.1 Å². The summed E-state index contributed by atoms with van der Waals surface area (Å²) < 4.78 is 5.52. The van der Waals surface area contributed by atoms with Crippen LogP contribution in [-0.2, 0) is 11.2 Å². The first kappa shape index (κ1) is 23.5. The number of phenols is 1. The van der Waals surface area contributed by atoms with Crippen LogP contribution in [0, 0.1) is 24.0 Å². The molecule has 0 atom stereocenters. The number of phenolic OH excluding ortho intramolecular Hbond substituents is 1. The number of nitro benzene ring substituents is 1. The van der Waals surface area contributed by atoms with Crippen molar-refractivity contribution in [1.82, 2.24) is 0 Å². The Hall–Kier alpha value is -4.19. The molecule has 0 aliphatic carbocycles. The molecule has 0 unspecified atom stereocenters. The quantitative estimate of drug-likeness (QED) is 0.148. The maximum Gasteiger partial charge on any atom is 0.339 e. The third-order valence-corrected chi connectivity index (χ3v) is 5.30. The number of aryl methyl sites for hydroxylation is 3. The molecule has 0 aliphatic rings. The first-order valence-electron chi connectivity index (χ1n) is 10.5. The lowest BCUT2D eigenvalue weighted by Gasteiger charge is -2.11. The summed E-state index contributed by atoms with van der Waals surface area (Å²) in [6.07, 6.45) is 4.48. The molecule has 0 aromatic heterocycles. The fraction of sp³-hybridized carbons (Fsp3) is 0.148. The highest BCUT2D eigenvalue weighted by molar-refractivity contribution is 5.95. The SMILES string of the molecule is C=Cc1ccccc1/C=C(\CCc1cc(C)c(O)c(C)c1)C(=O)Oc1ccc([N+](=O)[O-])cc1. The average Bonchev–Trinajstić information content (AvgIpc) is 2.80. The van der Waals surface area contributed by atoms with Gasteiger partial charge in [0.1, 0.15) is 11.5 Å². The van der Waals surface area contributed by atoms with Gasteiger partial charge in [0.15, 0.2) is 0 Å². The topological polar surface area (TPSA) is 89.7 Å². The van der Waals surface area contributed by atoms with Crippen LogP contribution < -0.4 is 4.74 Å². The van der Waals surface area contributed by atoms with Crippen molar-refractivity contribution in [3.8, 4) is 11.5 Å². The number of esters is 1. The Morgan fingerprint density at radius 2 is 1.67 bits per heavy atom. The van der Waals surface area contributed by atoms with E-state index in [0.29, 0.717) is 18.4 Å². The predicted molar refractivity (Wildman–Crippen MR) is 129 cm³/mol. The van der Waals surface area contributed by atoms with Crippen molar-refractivity contribution in [2.45, 2.75) is 26.7 Å². The summed E-state index contributed by atoms with van der Waals surface area (Å²) in [5.41, 5.74) is 4.64. The van der Waals surface area contributed by atoms with E-state index < -0.39 is 10.9 Å². The number of benzene rings is 3. The van der Waals surface area contributed by atoms with E-state index in [1.54, 1.807) is 12.2 Å². The molecule has 168 valence electrons. The molecule has 0 spiro atoms. The molecule has 0 saturated heterocycles. The highest BCUT2D eigenvalue weighted by Gasteiger charge is 2.15. The van der Waals surface area contributed by atoms with Crippen LogP contribution in [0.3, 0.4) is 0 Å². The summed E-state index contributed by atoms with van der Waals surface area (Å²) in [7, 11) is 0. The zero-order valence-corrected chi connectivity index (χ0v) is 18.6. The maximum atomic E-state index is 13.1. The van der Waals surface area contributed by atoms with Crippen molar-refractivity contribution in [3.05, 3.63) is 111 Å². The normalized spacial score (nSPS) is 11.2. The lowest BCUT2D eigenvalue weighted by atomic mass is 9.97. The van der Waals surface area contributed by atoms with Gasteiger partial charge in [-0.3, -0.25) is 10.1 Å². The van der Waals surface area contributed by atoms with E-state index in [-0.39, 0.29) is 17.2 Å². The Kier molecular flexibility index (Phi) is 7.41.